The number of hydrogen-bond donors (Lipinski definition) is 2. The first-order chi connectivity index (χ1) is 8.32. The van der Waals surface area contributed by atoms with E-state index in [0.29, 0.717) is 32.5 Å². The summed E-state index contributed by atoms with van der Waals surface area (Å²) in [5.74, 6) is 0.0960. The highest BCUT2D eigenvalue weighted by Gasteiger charge is 2.17. The van der Waals surface area contributed by atoms with E-state index in [9.17, 15) is 4.79 Å². The van der Waals surface area contributed by atoms with Gasteiger partial charge in [-0.3, -0.25) is 4.79 Å². The molecule has 1 atom stereocenters. The second-order valence-corrected chi connectivity index (χ2v) is 6.06. The van der Waals surface area contributed by atoms with Gasteiger partial charge in [-0.25, -0.2) is 0 Å². The zero-order valence-electron chi connectivity index (χ0n) is 10.1. The van der Waals surface area contributed by atoms with E-state index >= 15 is 0 Å². The minimum atomic E-state index is -0.552. The summed E-state index contributed by atoms with van der Waals surface area (Å²) in [5.41, 5.74) is 6.25. The average Bonchev–Trinajstić information content (AvgIpc) is 2.29. The Hall–Kier alpha value is -0.290. The molecule has 1 rings (SSSR count). The summed E-state index contributed by atoms with van der Waals surface area (Å²) >= 11 is 15.3. The van der Waals surface area contributed by atoms with Crippen molar-refractivity contribution >= 4 is 50.7 Å². The molecule has 0 unspecified atom stereocenters. The van der Waals surface area contributed by atoms with Gasteiger partial charge in [-0.05, 0) is 40.4 Å². The SMILES string of the molecule is CC(C)C[C@H](N)C(=O)Nc1ccc(Br)c(Cl)c1Cl. The van der Waals surface area contributed by atoms with E-state index in [-0.39, 0.29) is 5.91 Å². The monoisotopic (exact) mass is 352 g/mol. The van der Waals surface area contributed by atoms with Gasteiger partial charge in [-0.2, -0.15) is 0 Å². The van der Waals surface area contributed by atoms with Crippen molar-refractivity contribution in [3.05, 3.63) is 26.7 Å². The molecule has 0 radical (unpaired) electrons. The summed E-state index contributed by atoms with van der Waals surface area (Å²) in [6.45, 7) is 4.02. The van der Waals surface area contributed by atoms with Gasteiger partial charge in [0.1, 0.15) is 0 Å². The van der Waals surface area contributed by atoms with Crippen molar-refractivity contribution < 1.29 is 4.79 Å². The lowest BCUT2D eigenvalue weighted by molar-refractivity contribution is -0.117. The van der Waals surface area contributed by atoms with Crippen molar-refractivity contribution in [2.45, 2.75) is 26.3 Å². The molecule has 1 amide bonds. The molecule has 0 aliphatic heterocycles. The molecule has 0 fully saturated rings. The summed E-state index contributed by atoms with van der Waals surface area (Å²) < 4.78 is 0.679. The predicted octanol–water partition coefficient (Wildman–Crippen LogP) is 4.07. The van der Waals surface area contributed by atoms with Crippen LogP contribution in [-0.2, 0) is 4.79 Å². The molecule has 3 N–H and O–H groups in total. The number of carbonyl (C=O) groups is 1. The van der Waals surface area contributed by atoms with E-state index in [0.717, 1.165) is 0 Å². The van der Waals surface area contributed by atoms with Gasteiger partial charge in [0, 0.05) is 4.47 Å². The van der Waals surface area contributed by atoms with Crippen LogP contribution in [0, 0.1) is 5.92 Å². The molecule has 0 aromatic heterocycles. The van der Waals surface area contributed by atoms with Gasteiger partial charge < -0.3 is 11.1 Å². The van der Waals surface area contributed by atoms with Crippen LogP contribution >= 0.6 is 39.1 Å². The second kappa shape index (κ2) is 6.75. The number of anilines is 1. The molecule has 1 aromatic carbocycles. The zero-order chi connectivity index (χ0) is 13.9. The first-order valence-corrected chi connectivity index (χ1v) is 7.07. The molecule has 6 heteroatoms. The lowest BCUT2D eigenvalue weighted by atomic mass is 10.0. The number of nitrogens with two attached hydrogens (primary N) is 1. The van der Waals surface area contributed by atoms with Crippen LogP contribution in [-0.4, -0.2) is 11.9 Å². The van der Waals surface area contributed by atoms with Crippen LogP contribution in [0.15, 0.2) is 16.6 Å². The number of nitrogens with one attached hydrogen (secondary N) is 1. The van der Waals surface area contributed by atoms with Crippen molar-refractivity contribution in [2.24, 2.45) is 11.7 Å². The van der Waals surface area contributed by atoms with E-state index < -0.39 is 6.04 Å². The third-order valence-corrected chi connectivity index (χ3v) is 4.13. The standard InChI is InChI=1S/C12H15BrCl2N2O/c1-6(2)5-8(16)12(18)17-9-4-3-7(13)10(14)11(9)15/h3-4,6,8H,5,16H2,1-2H3,(H,17,18)/t8-/m0/s1. The zero-order valence-corrected chi connectivity index (χ0v) is 13.2. The first-order valence-electron chi connectivity index (χ1n) is 5.52. The Bertz CT molecular complexity index is 452. The van der Waals surface area contributed by atoms with Crippen LogP contribution in [0.2, 0.25) is 10.0 Å². The molecule has 0 saturated heterocycles. The van der Waals surface area contributed by atoms with E-state index in [1.165, 1.54) is 0 Å². The molecule has 18 heavy (non-hydrogen) atoms. The molecular weight excluding hydrogens is 339 g/mol. The Morgan fingerprint density at radius 3 is 2.56 bits per heavy atom. The van der Waals surface area contributed by atoms with Crippen molar-refractivity contribution in [2.75, 3.05) is 5.32 Å². The van der Waals surface area contributed by atoms with Crippen LogP contribution < -0.4 is 11.1 Å². The number of hydrogen-bond acceptors (Lipinski definition) is 2. The maximum atomic E-state index is 11.8. The van der Waals surface area contributed by atoms with Gasteiger partial charge in [-0.15, -0.1) is 0 Å². The van der Waals surface area contributed by atoms with Crippen molar-refractivity contribution in [1.82, 2.24) is 0 Å². The molecule has 0 aliphatic rings. The van der Waals surface area contributed by atoms with Crippen LogP contribution in [0.3, 0.4) is 0 Å². The fourth-order valence-electron chi connectivity index (χ4n) is 1.46. The topological polar surface area (TPSA) is 55.1 Å². The van der Waals surface area contributed by atoms with E-state index in [4.69, 9.17) is 28.9 Å². The molecule has 0 bridgehead atoms. The highest BCUT2D eigenvalue weighted by Crippen LogP contribution is 2.35. The Labute approximate surface area is 125 Å². The number of carbonyl (C=O) groups excluding carboxylic acids is 1. The Kier molecular flexibility index (Phi) is 5.92. The van der Waals surface area contributed by atoms with Crippen molar-refractivity contribution in [3.63, 3.8) is 0 Å². The van der Waals surface area contributed by atoms with Crippen molar-refractivity contribution in [1.29, 1.82) is 0 Å². The largest absolute Gasteiger partial charge is 0.323 e. The molecule has 0 saturated carbocycles. The first kappa shape index (κ1) is 15.8. The number of rotatable bonds is 4. The maximum Gasteiger partial charge on any atom is 0.241 e. The predicted molar refractivity (Wildman–Crippen MR) is 80.2 cm³/mol. The van der Waals surface area contributed by atoms with Gasteiger partial charge in [0.25, 0.3) is 0 Å². The Morgan fingerprint density at radius 2 is 2.00 bits per heavy atom. The Morgan fingerprint density at radius 1 is 1.39 bits per heavy atom. The van der Waals surface area contributed by atoms with Crippen LogP contribution in [0.4, 0.5) is 5.69 Å². The summed E-state index contributed by atoms with van der Waals surface area (Å²) in [6, 6.07) is 2.85. The normalized spacial score (nSPS) is 12.6. The van der Waals surface area contributed by atoms with Crippen LogP contribution in [0.1, 0.15) is 20.3 Å². The quantitative estimate of drug-likeness (QED) is 0.801. The van der Waals surface area contributed by atoms with Crippen molar-refractivity contribution in [3.8, 4) is 0 Å². The fourth-order valence-corrected chi connectivity index (χ4v) is 2.28. The summed E-state index contributed by atoms with van der Waals surface area (Å²) in [5, 5.41) is 3.35. The molecule has 100 valence electrons. The number of halogens is 3. The summed E-state index contributed by atoms with van der Waals surface area (Å²) in [7, 11) is 0. The summed E-state index contributed by atoms with van der Waals surface area (Å²) in [6.07, 6.45) is 0.619. The third kappa shape index (κ3) is 4.12. The number of benzene rings is 1. The minimum absolute atomic E-state index is 0.260. The highest BCUT2D eigenvalue weighted by molar-refractivity contribution is 9.10. The van der Waals surface area contributed by atoms with E-state index in [1.54, 1.807) is 12.1 Å². The lowest BCUT2D eigenvalue weighted by Gasteiger charge is -2.15. The molecular formula is C12H15BrCl2N2O. The molecule has 0 heterocycles. The van der Waals surface area contributed by atoms with Crippen LogP contribution in [0.5, 0.6) is 0 Å². The third-order valence-electron chi connectivity index (χ3n) is 2.36. The smallest absolute Gasteiger partial charge is 0.241 e. The van der Waals surface area contributed by atoms with Gasteiger partial charge in [0.05, 0.1) is 21.8 Å². The second-order valence-electron chi connectivity index (χ2n) is 4.45. The maximum absolute atomic E-state index is 11.8. The van der Waals surface area contributed by atoms with Gasteiger partial charge >= 0.3 is 0 Å². The lowest BCUT2D eigenvalue weighted by Crippen LogP contribution is -2.36. The van der Waals surface area contributed by atoms with Gasteiger partial charge in [0.2, 0.25) is 5.91 Å². The van der Waals surface area contributed by atoms with Gasteiger partial charge in [0.15, 0.2) is 0 Å². The molecule has 1 aromatic rings. The molecule has 0 spiro atoms. The van der Waals surface area contributed by atoms with Crippen LogP contribution in [0.25, 0.3) is 0 Å². The molecule has 0 aliphatic carbocycles. The molecule has 3 nitrogen and oxygen atoms in total. The summed E-state index contributed by atoms with van der Waals surface area (Å²) in [4.78, 5) is 11.8. The highest BCUT2D eigenvalue weighted by atomic mass is 79.9. The average molecular weight is 354 g/mol. The Balaban J connectivity index is 2.79. The fraction of sp³-hybridized carbons (Fsp3) is 0.417. The number of amides is 1. The van der Waals surface area contributed by atoms with E-state index in [2.05, 4.69) is 21.2 Å². The minimum Gasteiger partial charge on any atom is -0.323 e. The van der Waals surface area contributed by atoms with E-state index in [1.807, 2.05) is 13.8 Å². The van der Waals surface area contributed by atoms with Gasteiger partial charge in [-0.1, -0.05) is 37.0 Å².